The molecular weight excluding hydrogens is 315 g/mol. The van der Waals surface area contributed by atoms with Gasteiger partial charge in [0.15, 0.2) is 0 Å². The average Bonchev–Trinajstić information content (AvgIpc) is 2.89. The smallest absolute Gasteiger partial charge is 0.275 e. The summed E-state index contributed by atoms with van der Waals surface area (Å²) in [5.74, 6) is -0.0930. The fraction of sp³-hybridized carbons (Fsp3) is 0.111. The molecule has 0 spiro atoms. The van der Waals surface area contributed by atoms with Gasteiger partial charge in [0.1, 0.15) is 17.3 Å². The van der Waals surface area contributed by atoms with Crippen molar-refractivity contribution in [1.82, 2.24) is 5.32 Å². The zero-order chi connectivity index (χ0) is 16.2. The van der Waals surface area contributed by atoms with Crippen LogP contribution in [0, 0.1) is 5.82 Å². The fourth-order valence-electron chi connectivity index (χ4n) is 2.29. The number of hydrogen-bond donors (Lipinski definition) is 1. The Balaban J connectivity index is 1.71. The second-order valence-electron chi connectivity index (χ2n) is 5.19. The molecule has 0 saturated heterocycles. The van der Waals surface area contributed by atoms with Gasteiger partial charge in [-0.15, -0.1) is 0 Å². The zero-order valence-electron chi connectivity index (χ0n) is 12.2. The first-order valence-corrected chi connectivity index (χ1v) is 7.59. The number of nitrogens with one attached hydrogen (secondary N) is 1. The van der Waals surface area contributed by atoms with E-state index in [4.69, 9.17) is 11.6 Å². The number of carbonyl (C=O) groups excluding carboxylic acids is 1. The van der Waals surface area contributed by atoms with Crippen LogP contribution in [0.3, 0.4) is 0 Å². The van der Waals surface area contributed by atoms with Crippen molar-refractivity contribution in [1.29, 1.82) is 0 Å². The van der Waals surface area contributed by atoms with E-state index in [1.807, 2.05) is 24.3 Å². The summed E-state index contributed by atoms with van der Waals surface area (Å²) in [5.41, 5.74) is 1.68. The molecule has 0 aromatic heterocycles. The predicted molar refractivity (Wildman–Crippen MR) is 89.7 cm³/mol. The summed E-state index contributed by atoms with van der Waals surface area (Å²) >= 11 is 5.85. The first-order valence-electron chi connectivity index (χ1n) is 7.21. The lowest BCUT2D eigenvalue weighted by Gasteiger charge is -2.01. The zero-order valence-corrected chi connectivity index (χ0v) is 13.0. The van der Waals surface area contributed by atoms with Crippen LogP contribution in [0.25, 0.3) is 6.08 Å². The van der Waals surface area contributed by atoms with Crippen molar-refractivity contribution >= 4 is 29.4 Å². The van der Waals surface area contributed by atoms with E-state index in [1.54, 1.807) is 18.2 Å². The van der Waals surface area contributed by atoms with Gasteiger partial charge in [0.05, 0.1) is 0 Å². The second-order valence-corrected chi connectivity index (χ2v) is 5.63. The highest BCUT2D eigenvalue weighted by Crippen LogP contribution is 2.17. The number of rotatable bonds is 4. The fourth-order valence-corrected chi connectivity index (χ4v) is 2.41. The van der Waals surface area contributed by atoms with Gasteiger partial charge in [-0.1, -0.05) is 41.9 Å². The first-order chi connectivity index (χ1) is 11.1. The van der Waals surface area contributed by atoms with Crippen molar-refractivity contribution in [2.75, 3.05) is 0 Å². The summed E-state index contributed by atoms with van der Waals surface area (Å²) in [6, 6.07) is 13.8. The summed E-state index contributed by atoms with van der Waals surface area (Å²) in [4.78, 5) is 16.2. The summed E-state index contributed by atoms with van der Waals surface area (Å²) < 4.78 is 13.6. The number of benzene rings is 2. The molecule has 0 atom stereocenters. The SMILES string of the molecule is O=C1NC(CCc2ccc(Cl)cc2)=N/C1=C\c1ccccc1F. The van der Waals surface area contributed by atoms with Gasteiger partial charge in [-0.25, -0.2) is 9.38 Å². The molecule has 0 fully saturated rings. The van der Waals surface area contributed by atoms with Crippen LogP contribution in [-0.2, 0) is 11.2 Å². The van der Waals surface area contributed by atoms with E-state index in [-0.39, 0.29) is 17.4 Å². The molecule has 1 aliphatic heterocycles. The number of aliphatic imine (C=N–C) groups is 1. The molecule has 0 aliphatic carbocycles. The third-order valence-corrected chi connectivity index (χ3v) is 3.76. The van der Waals surface area contributed by atoms with Gasteiger partial charge < -0.3 is 5.32 Å². The molecule has 0 saturated carbocycles. The average molecular weight is 329 g/mol. The van der Waals surface area contributed by atoms with Gasteiger partial charge in [0.2, 0.25) is 0 Å². The highest BCUT2D eigenvalue weighted by molar-refractivity contribution is 6.30. The number of amides is 1. The van der Waals surface area contributed by atoms with E-state index >= 15 is 0 Å². The third-order valence-electron chi connectivity index (χ3n) is 3.51. The molecule has 5 heteroatoms. The van der Waals surface area contributed by atoms with E-state index in [0.717, 1.165) is 12.0 Å². The number of halogens is 2. The minimum absolute atomic E-state index is 0.223. The van der Waals surface area contributed by atoms with Crippen molar-refractivity contribution in [3.63, 3.8) is 0 Å². The van der Waals surface area contributed by atoms with Crippen molar-refractivity contribution in [3.05, 3.63) is 76.2 Å². The van der Waals surface area contributed by atoms with E-state index in [9.17, 15) is 9.18 Å². The van der Waals surface area contributed by atoms with Crippen LogP contribution < -0.4 is 5.32 Å². The van der Waals surface area contributed by atoms with Gasteiger partial charge >= 0.3 is 0 Å². The molecule has 3 nitrogen and oxygen atoms in total. The number of nitrogens with zero attached hydrogens (tertiary/aromatic N) is 1. The number of amidine groups is 1. The highest BCUT2D eigenvalue weighted by Gasteiger charge is 2.20. The van der Waals surface area contributed by atoms with Crippen LogP contribution in [-0.4, -0.2) is 11.7 Å². The Morgan fingerprint density at radius 3 is 2.57 bits per heavy atom. The van der Waals surface area contributed by atoms with E-state index in [2.05, 4.69) is 10.3 Å². The molecule has 2 aromatic rings. The molecule has 116 valence electrons. The lowest BCUT2D eigenvalue weighted by molar-refractivity contribution is -0.115. The molecule has 1 amide bonds. The Labute approximate surface area is 138 Å². The van der Waals surface area contributed by atoms with Gasteiger partial charge in [-0.3, -0.25) is 4.79 Å². The lowest BCUT2D eigenvalue weighted by atomic mass is 10.1. The molecule has 2 aromatic carbocycles. The van der Waals surface area contributed by atoms with Crippen LogP contribution >= 0.6 is 11.6 Å². The summed E-state index contributed by atoms with van der Waals surface area (Å²) in [6.45, 7) is 0. The molecule has 1 N–H and O–H groups in total. The molecule has 23 heavy (non-hydrogen) atoms. The molecule has 1 aliphatic rings. The first kappa shape index (κ1) is 15.4. The Hall–Kier alpha value is -2.46. The summed E-state index contributed by atoms with van der Waals surface area (Å²) in [7, 11) is 0. The molecule has 0 bridgehead atoms. The van der Waals surface area contributed by atoms with Crippen molar-refractivity contribution < 1.29 is 9.18 Å². The topological polar surface area (TPSA) is 41.5 Å². The van der Waals surface area contributed by atoms with Gasteiger partial charge in [0.25, 0.3) is 5.91 Å². The number of carbonyl (C=O) groups is 1. The molecule has 1 heterocycles. The van der Waals surface area contributed by atoms with Crippen LogP contribution in [0.15, 0.2) is 59.2 Å². The van der Waals surface area contributed by atoms with Crippen LogP contribution in [0.1, 0.15) is 17.5 Å². The Morgan fingerprint density at radius 2 is 1.83 bits per heavy atom. The maximum absolute atomic E-state index is 13.6. The third kappa shape index (κ3) is 3.85. The van der Waals surface area contributed by atoms with Crippen LogP contribution in [0.4, 0.5) is 4.39 Å². The van der Waals surface area contributed by atoms with Crippen molar-refractivity contribution in [3.8, 4) is 0 Å². The highest BCUT2D eigenvalue weighted by atomic mass is 35.5. The minimum atomic E-state index is -0.377. The summed E-state index contributed by atoms with van der Waals surface area (Å²) in [6.07, 6.45) is 2.80. The Morgan fingerprint density at radius 1 is 1.09 bits per heavy atom. The van der Waals surface area contributed by atoms with E-state index in [1.165, 1.54) is 12.1 Å². The van der Waals surface area contributed by atoms with Crippen molar-refractivity contribution in [2.45, 2.75) is 12.8 Å². The second kappa shape index (κ2) is 6.75. The maximum Gasteiger partial charge on any atom is 0.275 e. The van der Waals surface area contributed by atoms with Gasteiger partial charge in [-0.2, -0.15) is 0 Å². The Kier molecular flexibility index (Phi) is 4.53. The predicted octanol–water partition coefficient (Wildman–Crippen LogP) is 3.98. The van der Waals surface area contributed by atoms with E-state index < -0.39 is 0 Å². The largest absolute Gasteiger partial charge is 0.309 e. The van der Waals surface area contributed by atoms with Crippen LogP contribution in [0.2, 0.25) is 5.02 Å². The van der Waals surface area contributed by atoms with Crippen molar-refractivity contribution in [2.24, 2.45) is 4.99 Å². The maximum atomic E-state index is 13.6. The monoisotopic (exact) mass is 328 g/mol. The molecule has 0 unspecified atom stereocenters. The van der Waals surface area contributed by atoms with Gasteiger partial charge in [0, 0.05) is 17.0 Å². The van der Waals surface area contributed by atoms with Gasteiger partial charge in [-0.05, 0) is 36.3 Å². The molecule has 3 rings (SSSR count). The minimum Gasteiger partial charge on any atom is -0.309 e. The van der Waals surface area contributed by atoms with Crippen LogP contribution in [0.5, 0.6) is 0 Å². The standard InChI is InChI=1S/C18H14ClFN2O/c19-14-8-5-12(6-9-14)7-10-17-21-16(18(23)22-17)11-13-3-1-2-4-15(13)20/h1-6,8-9,11H,7,10H2,(H,21,22,23)/b16-11-. The number of hydrogen-bond acceptors (Lipinski definition) is 2. The molecule has 0 radical (unpaired) electrons. The Bertz CT molecular complexity index is 797. The van der Waals surface area contributed by atoms with E-state index in [0.29, 0.717) is 22.8 Å². The lowest BCUT2D eigenvalue weighted by Crippen LogP contribution is -2.24. The molecular formula is C18H14ClFN2O. The summed E-state index contributed by atoms with van der Waals surface area (Å²) in [5, 5.41) is 3.41. The quantitative estimate of drug-likeness (QED) is 0.847. The number of aryl methyl sites for hydroxylation is 1. The normalized spacial score (nSPS) is 15.7.